The van der Waals surface area contributed by atoms with Crippen molar-refractivity contribution < 1.29 is 9.84 Å². The van der Waals surface area contributed by atoms with Crippen molar-refractivity contribution in [2.45, 2.75) is 39.2 Å². The number of hydrogen-bond donors (Lipinski definition) is 2. The highest BCUT2D eigenvalue weighted by atomic mass is 16.5. The highest BCUT2D eigenvalue weighted by molar-refractivity contribution is 4.94. The Hall–Kier alpha value is -0.120. The number of aliphatic hydroxyl groups is 1. The van der Waals surface area contributed by atoms with Crippen LogP contribution in [0.25, 0.3) is 0 Å². The number of aliphatic hydroxyl groups excluding tert-OH is 1. The predicted octanol–water partition coefficient (Wildman–Crippen LogP) is 1.16. The van der Waals surface area contributed by atoms with Gasteiger partial charge >= 0.3 is 0 Å². The topological polar surface area (TPSA) is 41.5 Å². The summed E-state index contributed by atoms with van der Waals surface area (Å²) >= 11 is 0. The minimum Gasteiger partial charge on any atom is -0.396 e. The average Bonchev–Trinajstić information content (AvgIpc) is 2.93. The molecule has 0 bridgehead atoms. The Labute approximate surface area is 86.8 Å². The van der Waals surface area contributed by atoms with Crippen LogP contribution in [0.15, 0.2) is 0 Å². The van der Waals surface area contributed by atoms with Gasteiger partial charge in [0.05, 0.1) is 6.61 Å². The van der Waals surface area contributed by atoms with Gasteiger partial charge in [-0.15, -0.1) is 0 Å². The maximum Gasteiger partial charge on any atom is 0.0616 e. The molecule has 0 radical (unpaired) electrons. The van der Waals surface area contributed by atoms with Gasteiger partial charge in [-0.05, 0) is 38.5 Å². The Morgan fingerprint density at radius 3 is 2.71 bits per heavy atom. The maximum absolute atomic E-state index is 8.90. The first-order valence-electron chi connectivity index (χ1n) is 5.64. The van der Waals surface area contributed by atoms with Crippen LogP contribution in [0.2, 0.25) is 0 Å². The van der Waals surface area contributed by atoms with Gasteiger partial charge in [0, 0.05) is 25.8 Å². The van der Waals surface area contributed by atoms with E-state index in [2.05, 4.69) is 12.2 Å². The third kappa shape index (κ3) is 3.95. The van der Waals surface area contributed by atoms with Crippen molar-refractivity contribution in [2.75, 3.05) is 26.4 Å². The Morgan fingerprint density at radius 2 is 2.21 bits per heavy atom. The first-order chi connectivity index (χ1) is 6.72. The van der Waals surface area contributed by atoms with E-state index in [4.69, 9.17) is 9.84 Å². The minimum absolute atomic E-state index is 0.321. The molecule has 0 spiro atoms. The lowest BCUT2D eigenvalue weighted by Gasteiger charge is -2.19. The summed E-state index contributed by atoms with van der Waals surface area (Å²) in [6, 6.07) is 0.422. The molecule has 1 saturated carbocycles. The summed E-state index contributed by atoms with van der Waals surface area (Å²) in [5, 5.41) is 12.4. The van der Waals surface area contributed by atoms with Crippen LogP contribution in [-0.4, -0.2) is 37.5 Å². The normalized spacial score (nSPS) is 20.8. The van der Waals surface area contributed by atoms with E-state index >= 15 is 0 Å². The van der Waals surface area contributed by atoms with Crippen molar-refractivity contribution in [1.29, 1.82) is 0 Å². The van der Waals surface area contributed by atoms with Crippen LogP contribution in [0, 0.1) is 5.41 Å². The molecule has 0 amide bonds. The highest BCUT2D eigenvalue weighted by Crippen LogP contribution is 2.47. The van der Waals surface area contributed by atoms with Crippen molar-refractivity contribution in [3.63, 3.8) is 0 Å². The molecule has 1 aliphatic rings. The summed E-state index contributed by atoms with van der Waals surface area (Å²) in [5.41, 5.74) is 0.412. The van der Waals surface area contributed by atoms with E-state index in [1.807, 2.05) is 6.92 Å². The van der Waals surface area contributed by atoms with Crippen molar-refractivity contribution in [1.82, 2.24) is 5.32 Å². The molecule has 0 aliphatic heterocycles. The van der Waals surface area contributed by atoms with Crippen molar-refractivity contribution in [3.8, 4) is 0 Å². The lowest BCUT2D eigenvalue weighted by Crippen LogP contribution is -2.35. The molecule has 1 rings (SSSR count). The zero-order valence-electron chi connectivity index (χ0n) is 9.38. The second-order valence-corrected chi connectivity index (χ2v) is 4.42. The fourth-order valence-corrected chi connectivity index (χ4v) is 1.67. The van der Waals surface area contributed by atoms with Crippen LogP contribution in [0.1, 0.15) is 33.1 Å². The Kier molecular flexibility index (Phi) is 4.85. The standard InChI is InChI=1S/C11H23NO2/c1-3-14-8-10(2)12-9-11(4-5-11)6-7-13/h10,12-13H,3-9H2,1-2H3. The van der Waals surface area contributed by atoms with E-state index in [1.54, 1.807) is 0 Å². The minimum atomic E-state index is 0.321. The van der Waals surface area contributed by atoms with Gasteiger partial charge in [0.1, 0.15) is 0 Å². The van der Waals surface area contributed by atoms with Crippen LogP contribution < -0.4 is 5.32 Å². The van der Waals surface area contributed by atoms with Crippen LogP contribution in [0.3, 0.4) is 0 Å². The molecule has 1 fully saturated rings. The van der Waals surface area contributed by atoms with Crippen molar-refractivity contribution in [2.24, 2.45) is 5.41 Å². The van der Waals surface area contributed by atoms with E-state index < -0.39 is 0 Å². The third-order valence-electron chi connectivity index (χ3n) is 3.00. The second-order valence-electron chi connectivity index (χ2n) is 4.42. The monoisotopic (exact) mass is 201 g/mol. The summed E-state index contributed by atoms with van der Waals surface area (Å²) in [4.78, 5) is 0. The Morgan fingerprint density at radius 1 is 1.50 bits per heavy atom. The molecule has 0 heterocycles. The molecule has 1 atom stereocenters. The average molecular weight is 201 g/mol. The van der Waals surface area contributed by atoms with E-state index in [0.717, 1.165) is 26.2 Å². The van der Waals surface area contributed by atoms with Gasteiger partial charge < -0.3 is 15.2 Å². The summed E-state index contributed by atoms with van der Waals surface area (Å²) < 4.78 is 5.33. The summed E-state index contributed by atoms with van der Waals surface area (Å²) in [6.07, 6.45) is 3.48. The zero-order chi connectivity index (χ0) is 10.4. The Bertz CT molecular complexity index is 157. The summed E-state index contributed by atoms with van der Waals surface area (Å²) in [5.74, 6) is 0. The molecule has 0 aromatic heterocycles. The molecule has 0 aromatic carbocycles. The molecular weight excluding hydrogens is 178 g/mol. The SMILES string of the molecule is CCOCC(C)NCC1(CCO)CC1. The lowest BCUT2D eigenvalue weighted by molar-refractivity contribution is 0.124. The van der Waals surface area contributed by atoms with Gasteiger partial charge in [0.15, 0.2) is 0 Å². The van der Waals surface area contributed by atoms with E-state index in [0.29, 0.717) is 18.1 Å². The van der Waals surface area contributed by atoms with Gasteiger partial charge in [0.25, 0.3) is 0 Å². The van der Waals surface area contributed by atoms with Gasteiger partial charge in [-0.25, -0.2) is 0 Å². The van der Waals surface area contributed by atoms with Gasteiger partial charge in [0.2, 0.25) is 0 Å². The smallest absolute Gasteiger partial charge is 0.0616 e. The molecule has 2 N–H and O–H groups in total. The molecule has 0 saturated heterocycles. The molecule has 1 unspecified atom stereocenters. The number of rotatable bonds is 8. The summed E-state index contributed by atoms with van der Waals surface area (Å²) in [6.45, 7) is 7.08. The predicted molar refractivity (Wildman–Crippen MR) is 57.3 cm³/mol. The highest BCUT2D eigenvalue weighted by Gasteiger charge is 2.41. The van der Waals surface area contributed by atoms with Crippen molar-refractivity contribution in [3.05, 3.63) is 0 Å². The molecular formula is C11H23NO2. The van der Waals surface area contributed by atoms with Gasteiger partial charge in [-0.1, -0.05) is 0 Å². The van der Waals surface area contributed by atoms with Gasteiger partial charge in [-0.3, -0.25) is 0 Å². The fourth-order valence-electron chi connectivity index (χ4n) is 1.67. The number of ether oxygens (including phenoxy) is 1. The van der Waals surface area contributed by atoms with Crippen LogP contribution in [-0.2, 0) is 4.74 Å². The molecule has 1 aliphatic carbocycles. The lowest BCUT2D eigenvalue weighted by atomic mass is 10.0. The Balaban J connectivity index is 2.07. The number of hydrogen-bond acceptors (Lipinski definition) is 3. The zero-order valence-corrected chi connectivity index (χ0v) is 9.38. The quantitative estimate of drug-likeness (QED) is 0.619. The first kappa shape index (κ1) is 12.0. The van der Waals surface area contributed by atoms with E-state index in [1.165, 1.54) is 12.8 Å². The molecule has 0 aromatic rings. The van der Waals surface area contributed by atoms with Crippen LogP contribution in [0.4, 0.5) is 0 Å². The molecule has 14 heavy (non-hydrogen) atoms. The summed E-state index contributed by atoms with van der Waals surface area (Å²) in [7, 11) is 0. The van der Waals surface area contributed by atoms with Crippen molar-refractivity contribution >= 4 is 0 Å². The maximum atomic E-state index is 8.90. The van der Waals surface area contributed by atoms with Crippen LogP contribution >= 0.6 is 0 Å². The number of nitrogens with one attached hydrogen (secondary N) is 1. The molecule has 3 heteroatoms. The fraction of sp³-hybridized carbons (Fsp3) is 1.00. The molecule has 84 valence electrons. The second kappa shape index (κ2) is 5.69. The van der Waals surface area contributed by atoms with E-state index in [9.17, 15) is 0 Å². The van der Waals surface area contributed by atoms with Gasteiger partial charge in [-0.2, -0.15) is 0 Å². The van der Waals surface area contributed by atoms with Crippen LogP contribution in [0.5, 0.6) is 0 Å². The van der Waals surface area contributed by atoms with E-state index in [-0.39, 0.29) is 0 Å². The molecule has 3 nitrogen and oxygen atoms in total. The first-order valence-corrected chi connectivity index (χ1v) is 5.64. The third-order valence-corrected chi connectivity index (χ3v) is 3.00. The largest absolute Gasteiger partial charge is 0.396 e.